The average Bonchev–Trinajstić information content (AvgIpc) is 2.46. The predicted octanol–water partition coefficient (Wildman–Crippen LogP) is 3.70. The molecule has 0 bridgehead atoms. The van der Waals surface area contributed by atoms with Gasteiger partial charge in [-0.15, -0.1) is 0 Å². The number of carbonyl (C=O) groups is 1. The molecule has 7 heteroatoms. The van der Waals surface area contributed by atoms with Gasteiger partial charge < -0.3 is 9.84 Å². The third kappa shape index (κ3) is 2.86. The van der Waals surface area contributed by atoms with E-state index >= 15 is 0 Å². The molecule has 3 rings (SSSR count). The summed E-state index contributed by atoms with van der Waals surface area (Å²) in [5, 5.41) is 9.22. The molecule has 2 atom stereocenters. The number of carboxylic acids is 1. The van der Waals surface area contributed by atoms with Crippen molar-refractivity contribution in [3.05, 3.63) is 46.6 Å². The first kappa shape index (κ1) is 15.7. The predicted molar refractivity (Wildman–Crippen MR) is 79.5 cm³/mol. The molecule has 4 nitrogen and oxygen atoms in total. The fraction of sp³-hybridized carbons (Fsp3) is 0.250. The lowest BCUT2D eigenvalue weighted by Crippen LogP contribution is -2.38. The fourth-order valence-electron chi connectivity index (χ4n) is 2.72. The van der Waals surface area contributed by atoms with Crippen molar-refractivity contribution in [3.8, 4) is 17.0 Å². The Labute approximate surface area is 135 Å². The van der Waals surface area contributed by atoms with Crippen molar-refractivity contribution in [3.63, 3.8) is 0 Å². The van der Waals surface area contributed by atoms with Gasteiger partial charge >= 0.3 is 5.97 Å². The van der Waals surface area contributed by atoms with Crippen LogP contribution in [0.2, 0.25) is 5.15 Å². The zero-order chi connectivity index (χ0) is 16.7. The largest absolute Gasteiger partial charge is 0.478 e. The number of hydrogen-bond acceptors (Lipinski definition) is 3. The van der Waals surface area contributed by atoms with Gasteiger partial charge in [-0.2, -0.15) is 0 Å². The Kier molecular flexibility index (Phi) is 3.93. The molecule has 0 radical (unpaired) electrons. The molecule has 0 saturated heterocycles. The topological polar surface area (TPSA) is 59.4 Å². The molecule has 0 aliphatic carbocycles. The number of halogens is 3. The van der Waals surface area contributed by atoms with Crippen molar-refractivity contribution in [2.75, 3.05) is 0 Å². The van der Waals surface area contributed by atoms with Crippen LogP contribution in [-0.2, 0) is 11.2 Å². The zero-order valence-corrected chi connectivity index (χ0v) is 12.8. The highest BCUT2D eigenvalue weighted by Crippen LogP contribution is 2.39. The SMILES string of the molecule is CC1Cc2c(-c3ccc(F)cc3F)cc(Cl)nc2OC1C(=O)O. The van der Waals surface area contributed by atoms with Crippen molar-refractivity contribution in [2.45, 2.75) is 19.4 Å². The first-order valence-electron chi connectivity index (χ1n) is 6.91. The van der Waals surface area contributed by atoms with E-state index in [4.69, 9.17) is 16.3 Å². The van der Waals surface area contributed by atoms with Crippen LogP contribution in [-0.4, -0.2) is 22.2 Å². The third-order valence-electron chi connectivity index (χ3n) is 3.80. The van der Waals surface area contributed by atoms with E-state index in [2.05, 4.69) is 4.98 Å². The Bertz CT molecular complexity index is 797. The molecule has 23 heavy (non-hydrogen) atoms. The Morgan fingerprint density at radius 1 is 1.35 bits per heavy atom. The quantitative estimate of drug-likeness (QED) is 0.847. The van der Waals surface area contributed by atoms with Crippen LogP contribution in [0.1, 0.15) is 12.5 Å². The van der Waals surface area contributed by atoms with Gasteiger partial charge in [-0.3, -0.25) is 0 Å². The molecular formula is C16H12ClF2NO3. The molecule has 0 spiro atoms. The highest BCUT2D eigenvalue weighted by Gasteiger charge is 2.35. The van der Waals surface area contributed by atoms with E-state index < -0.39 is 23.7 Å². The van der Waals surface area contributed by atoms with Gasteiger partial charge in [0.15, 0.2) is 6.10 Å². The van der Waals surface area contributed by atoms with Crippen LogP contribution in [0.15, 0.2) is 24.3 Å². The highest BCUT2D eigenvalue weighted by molar-refractivity contribution is 6.29. The second-order valence-electron chi connectivity index (χ2n) is 5.46. The van der Waals surface area contributed by atoms with Crippen LogP contribution in [0, 0.1) is 17.6 Å². The highest BCUT2D eigenvalue weighted by atomic mass is 35.5. The van der Waals surface area contributed by atoms with Gasteiger partial charge in [0.1, 0.15) is 16.8 Å². The summed E-state index contributed by atoms with van der Waals surface area (Å²) in [4.78, 5) is 15.2. The molecule has 0 fully saturated rings. The molecule has 0 amide bonds. The maximum Gasteiger partial charge on any atom is 0.345 e. The Balaban J connectivity index is 2.15. The molecule has 2 heterocycles. The number of fused-ring (bicyclic) bond motifs is 1. The second kappa shape index (κ2) is 5.77. The first-order chi connectivity index (χ1) is 10.9. The maximum absolute atomic E-state index is 14.1. The Hall–Kier alpha value is -2.21. The Morgan fingerprint density at radius 2 is 2.09 bits per heavy atom. The van der Waals surface area contributed by atoms with E-state index in [1.807, 2.05) is 0 Å². The summed E-state index contributed by atoms with van der Waals surface area (Å²) in [5.74, 6) is -2.77. The van der Waals surface area contributed by atoms with Crippen LogP contribution >= 0.6 is 11.6 Å². The number of ether oxygens (including phenoxy) is 1. The number of nitrogens with zero attached hydrogens (tertiary/aromatic N) is 1. The monoisotopic (exact) mass is 339 g/mol. The number of aliphatic carboxylic acids is 1. The van der Waals surface area contributed by atoms with Crippen LogP contribution in [0.3, 0.4) is 0 Å². The summed E-state index contributed by atoms with van der Waals surface area (Å²) in [6.07, 6.45) is -0.706. The van der Waals surface area contributed by atoms with Gasteiger partial charge in [-0.1, -0.05) is 18.5 Å². The van der Waals surface area contributed by atoms with Gasteiger partial charge in [-0.05, 0) is 30.2 Å². The maximum atomic E-state index is 14.1. The van der Waals surface area contributed by atoms with Crippen molar-refractivity contribution < 1.29 is 23.4 Å². The lowest BCUT2D eigenvalue weighted by Gasteiger charge is -2.29. The first-order valence-corrected chi connectivity index (χ1v) is 7.29. The number of aromatic nitrogens is 1. The van der Waals surface area contributed by atoms with Crippen molar-refractivity contribution in [1.82, 2.24) is 4.98 Å². The van der Waals surface area contributed by atoms with E-state index in [1.165, 1.54) is 12.1 Å². The van der Waals surface area contributed by atoms with Crippen LogP contribution < -0.4 is 4.74 Å². The summed E-state index contributed by atoms with van der Waals surface area (Å²) in [5.41, 5.74) is 1.15. The average molecular weight is 340 g/mol. The Morgan fingerprint density at radius 3 is 2.74 bits per heavy atom. The minimum atomic E-state index is -1.10. The summed E-state index contributed by atoms with van der Waals surface area (Å²) in [6.45, 7) is 1.72. The zero-order valence-electron chi connectivity index (χ0n) is 12.0. The summed E-state index contributed by atoms with van der Waals surface area (Å²) in [7, 11) is 0. The van der Waals surface area contributed by atoms with E-state index in [1.54, 1.807) is 6.92 Å². The van der Waals surface area contributed by atoms with E-state index in [9.17, 15) is 18.7 Å². The molecule has 2 unspecified atom stereocenters. The lowest BCUT2D eigenvalue weighted by molar-refractivity contribution is -0.148. The molecular weight excluding hydrogens is 328 g/mol. The number of hydrogen-bond donors (Lipinski definition) is 1. The van der Waals surface area contributed by atoms with Gasteiger partial charge in [0.2, 0.25) is 5.88 Å². The molecule has 0 saturated carbocycles. The second-order valence-corrected chi connectivity index (χ2v) is 5.85. The van der Waals surface area contributed by atoms with Gasteiger partial charge in [0.05, 0.1) is 0 Å². The third-order valence-corrected chi connectivity index (χ3v) is 3.99. The van der Waals surface area contributed by atoms with Crippen LogP contribution in [0.25, 0.3) is 11.1 Å². The number of carboxylic acid groups (broad SMARTS) is 1. The molecule has 1 aromatic heterocycles. The van der Waals surface area contributed by atoms with E-state index in [0.717, 1.165) is 12.1 Å². The van der Waals surface area contributed by atoms with E-state index in [0.29, 0.717) is 17.5 Å². The molecule has 1 N–H and O–H groups in total. The van der Waals surface area contributed by atoms with Crippen LogP contribution in [0.5, 0.6) is 5.88 Å². The summed E-state index contributed by atoms with van der Waals surface area (Å²) < 4.78 is 32.6. The number of benzene rings is 1. The normalized spacial score (nSPS) is 19.8. The standard InChI is InChI=1S/C16H12ClF2NO3/c1-7-4-11-10(9-3-2-8(18)5-12(9)19)6-13(17)20-15(11)23-14(7)16(21)22/h2-3,5-7,14H,4H2,1H3,(H,21,22). The number of pyridine rings is 1. The fourth-order valence-corrected chi connectivity index (χ4v) is 2.91. The van der Waals surface area contributed by atoms with Gasteiger partial charge in [0, 0.05) is 23.1 Å². The lowest BCUT2D eigenvalue weighted by atomic mass is 9.89. The molecule has 2 aromatic rings. The number of rotatable bonds is 2. The minimum Gasteiger partial charge on any atom is -0.478 e. The van der Waals surface area contributed by atoms with Crippen molar-refractivity contribution in [2.24, 2.45) is 5.92 Å². The van der Waals surface area contributed by atoms with Crippen molar-refractivity contribution in [1.29, 1.82) is 0 Å². The van der Waals surface area contributed by atoms with Gasteiger partial charge in [-0.25, -0.2) is 18.6 Å². The molecule has 1 aliphatic heterocycles. The summed E-state index contributed by atoms with van der Waals surface area (Å²) >= 11 is 5.94. The smallest absolute Gasteiger partial charge is 0.345 e. The molecule has 1 aromatic carbocycles. The molecule has 120 valence electrons. The minimum absolute atomic E-state index is 0.0427. The van der Waals surface area contributed by atoms with Crippen molar-refractivity contribution >= 4 is 17.6 Å². The van der Waals surface area contributed by atoms with Crippen LogP contribution in [0.4, 0.5) is 8.78 Å². The summed E-state index contributed by atoms with van der Waals surface area (Å²) in [6, 6.07) is 4.70. The molecule has 1 aliphatic rings. The van der Waals surface area contributed by atoms with Gasteiger partial charge in [0.25, 0.3) is 0 Å². The van der Waals surface area contributed by atoms with E-state index in [-0.39, 0.29) is 22.5 Å².